The maximum atomic E-state index is 5.71. The van der Waals surface area contributed by atoms with Crippen LogP contribution in [-0.4, -0.2) is 13.2 Å². The van der Waals surface area contributed by atoms with Crippen LogP contribution in [0.4, 0.5) is 0 Å². The fourth-order valence-electron chi connectivity index (χ4n) is 4.38. The van der Waals surface area contributed by atoms with Gasteiger partial charge in [0, 0.05) is 7.11 Å². The molecule has 0 saturated heterocycles. The van der Waals surface area contributed by atoms with Gasteiger partial charge >= 0.3 is 0 Å². The van der Waals surface area contributed by atoms with Crippen LogP contribution in [0.25, 0.3) is 0 Å². The fourth-order valence-corrected chi connectivity index (χ4v) is 4.38. The van der Waals surface area contributed by atoms with Crippen LogP contribution in [-0.2, 0) is 4.74 Å². The summed E-state index contributed by atoms with van der Waals surface area (Å²) >= 11 is 0. The van der Waals surface area contributed by atoms with Gasteiger partial charge in [0.1, 0.15) is 0 Å². The van der Waals surface area contributed by atoms with E-state index in [-0.39, 0.29) is 0 Å². The fraction of sp³-hybridized carbons (Fsp3) is 1.00. The van der Waals surface area contributed by atoms with Crippen LogP contribution in [0.15, 0.2) is 0 Å². The van der Waals surface area contributed by atoms with Gasteiger partial charge in [-0.3, -0.25) is 0 Å². The molecule has 0 unspecified atom stereocenters. The molecule has 5 atom stereocenters. The molecule has 0 heterocycles. The molecule has 0 aliphatic heterocycles. The highest BCUT2D eigenvalue weighted by Gasteiger charge is 2.45. The van der Waals surface area contributed by atoms with E-state index in [0.717, 1.165) is 23.7 Å². The van der Waals surface area contributed by atoms with Crippen molar-refractivity contribution < 1.29 is 4.74 Å². The Morgan fingerprint density at radius 1 is 0.846 bits per heavy atom. The average molecular weight is 180 g/mol. The Balaban J connectivity index is 1.88. The minimum Gasteiger partial charge on any atom is -0.381 e. The van der Waals surface area contributed by atoms with E-state index in [1.807, 2.05) is 7.11 Å². The Kier molecular flexibility index (Phi) is 1.90. The maximum absolute atomic E-state index is 5.71. The highest BCUT2D eigenvalue weighted by Crippen LogP contribution is 2.51. The van der Waals surface area contributed by atoms with Gasteiger partial charge < -0.3 is 4.74 Å². The first-order valence-electron chi connectivity index (χ1n) is 5.89. The largest absolute Gasteiger partial charge is 0.381 e. The molecule has 0 N–H and O–H groups in total. The van der Waals surface area contributed by atoms with Gasteiger partial charge in [-0.05, 0) is 55.8 Å². The van der Waals surface area contributed by atoms with Gasteiger partial charge in [-0.1, -0.05) is 6.42 Å². The Morgan fingerprint density at radius 2 is 1.62 bits per heavy atom. The first-order chi connectivity index (χ1) is 6.36. The van der Waals surface area contributed by atoms with Crippen molar-refractivity contribution >= 4 is 0 Å². The summed E-state index contributed by atoms with van der Waals surface area (Å²) in [7, 11) is 1.92. The van der Waals surface area contributed by atoms with Crippen LogP contribution >= 0.6 is 0 Å². The third kappa shape index (κ3) is 1.24. The minimum atomic E-state index is 0.626. The van der Waals surface area contributed by atoms with Crippen LogP contribution in [0.1, 0.15) is 38.5 Å². The number of rotatable bonds is 1. The van der Waals surface area contributed by atoms with Crippen LogP contribution in [0.5, 0.6) is 0 Å². The molecule has 0 aromatic carbocycles. The zero-order valence-corrected chi connectivity index (χ0v) is 8.54. The predicted molar refractivity (Wildman–Crippen MR) is 52.5 cm³/mol. The summed E-state index contributed by atoms with van der Waals surface area (Å²) < 4.78 is 5.71. The summed E-state index contributed by atoms with van der Waals surface area (Å²) in [5.74, 6) is 3.98. The molecule has 0 spiro atoms. The lowest BCUT2D eigenvalue weighted by molar-refractivity contribution is -0.0488. The van der Waals surface area contributed by atoms with Crippen molar-refractivity contribution in [1.29, 1.82) is 0 Å². The molecule has 4 saturated carbocycles. The van der Waals surface area contributed by atoms with E-state index in [1.54, 1.807) is 6.42 Å². The van der Waals surface area contributed by atoms with Gasteiger partial charge in [-0.15, -0.1) is 0 Å². The van der Waals surface area contributed by atoms with Crippen molar-refractivity contribution in [2.45, 2.75) is 44.6 Å². The third-order valence-electron chi connectivity index (χ3n) is 4.72. The number of fused-ring (bicyclic) bond motifs is 1. The summed E-state index contributed by atoms with van der Waals surface area (Å²) in [6.07, 6.45) is 9.56. The number of hydrogen-bond acceptors (Lipinski definition) is 1. The monoisotopic (exact) mass is 180 g/mol. The maximum Gasteiger partial charge on any atom is 0.0627 e. The second kappa shape index (κ2) is 2.98. The van der Waals surface area contributed by atoms with Crippen molar-refractivity contribution in [1.82, 2.24) is 0 Å². The zero-order valence-electron chi connectivity index (χ0n) is 8.54. The van der Waals surface area contributed by atoms with Gasteiger partial charge in [0.2, 0.25) is 0 Å². The number of ether oxygens (including phenoxy) is 1. The lowest BCUT2D eigenvalue weighted by atomic mass is 9.66. The molecule has 0 radical (unpaired) electrons. The normalized spacial score (nSPS) is 53.8. The van der Waals surface area contributed by atoms with E-state index in [2.05, 4.69) is 0 Å². The van der Waals surface area contributed by atoms with Crippen molar-refractivity contribution in [3.8, 4) is 0 Å². The van der Waals surface area contributed by atoms with Gasteiger partial charge in [0.05, 0.1) is 6.10 Å². The molecule has 0 amide bonds. The minimum absolute atomic E-state index is 0.626. The smallest absolute Gasteiger partial charge is 0.0627 e. The van der Waals surface area contributed by atoms with Gasteiger partial charge in [0.15, 0.2) is 0 Å². The second-order valence-corrected chi connectivity index (χ2v) is 5.47. The van der Waals surface area contributed by atoms with Crippen LogP contribution in [0.3, 0.4) is 0 Å². The molecule has 13 heavy (non-hydrogen) atoms. The molecular formula is C12H20O. The van der Waals surface area contributed by atoms with Gasteiger partial charge in [0.25, 0.3) is 0 Å². The van der Waals surface area contributed by atoms with Crippen LogP contribution in [0.2, 0.25) is 0 Å². The van der Waals surface area contributed by atoms with Gasteiger partial charge in [-0.25, -0.2) is 0 Å². The molecule has 0 aromatic heterocycles. The summed E-state index contributed by atoms with van der Waals surface area (Å²) in [4.78, 5) is 0. The van der Waals surface area contributed by atoms with Crippen LogP contribution in [0, 0.1) is 23.7 Å². The average Bonchev–Trinajstić information content (AvgIpc) is 2.33. The molecule has 4 aliphatic carbocycles. The molecule has 1 heteroatoms. The highest BCUT2D eigenvalue weighted by molar-refractivity contribution is 4.96. The lowest BCUT2D eigenvalue weighted by Gasteiger charge is -2.43. The highest BCUT2D eigenvalue weighted by atomic mass is 16.5. The molecular weight excluding hydrogens is 160 g/mol. The number of hydrogen-bond donors (Lipinski definition) is 0. The molecule has 4 fully saturated rings. The first-order valence-corrected chi connectivity index (χ1v) is 5.89. The molecule has 1 nitrogen and oxygen atoms in total. The predicted octanol–water partition coefficient (Wildman–Crippen LogP) is 2.85. The number of methoxy groups -OCH3 is 1. The lowest BCUT2D eigenvalue weighted by Crippen LogP contribution is -2.40. The van der Waals surface area contributed by atoms with E-state index in [0.29, 0.717) is 6.10 Å². The quantitative estimate of drug-likeness (QED) is 0.603. The molecule has 4 aliphatic rings. The Morgan fingerprint density at radius 3 is 2.46 bits per heavy atom. The van der Waals surface area contributed by atoms with E-state index in [1.165, 1.54) is 32.1 Å². The summed E-state index contributed by atoms with van der Waals surface area (Å²) in [6, 6.07) is 0. The summed E-state index contributed by atoms with van der Waals surface area (Å²) in [6.45, 7) is 0. The summed E-state index contributed by atoms with van der Waals surface area (Å²) in [5.41, 5.74) is 0. The zero-order chi connectivity index (χ0) is 8.84. The standard InChI is InChI=1S/C12H20O/c1-13-12-10-3-2-8-4-9(6-10)7-11(12)5-8/h8-12H,2-7H2,1H3/t8-,9-,10+,11-,12-/m0/s1. The third-order valence-corrected chi connectivity index (χ3v) is 4.72. The second-order valence-electron chi connectivity index (χ2n) is 5.47. The first kappa shape index (κ1) is 8.28. The van der Waals surface area contributed by atoms with Crippen molar-refractivity contribution in [2.24, 2.45) is 23.7 Å². The Labute approximate surface area is 80.8 Å². The molecule has 74 valence electrons. The van der Waals surface area contributed by atoms with E-state index < -0.39 is 0 Å². The van der Waals surface area contributed by atoms with Crippen molar-refractivity contribution in [2.75, 3.05) is 7.11 Å². The van der Waals surface area contributed by atoms with Crippen LogP contribution < -0.4 is 0 Å². The molecule has 0 aromatic rings. The van der Waals surface area contributed by atoms with Gasteiger partial charge in [-0.2, -0.15) is 0 Å². The van der Waals surface area contributed by atoms with E-state index >= 15 is 0 Å². The van der Waals surface area contributed by atoms with E-state index in [9.17, 15) is 0 Å². The Bertz CT molecular complexity index is 193. The molecule has 4 bridgehead atoms. The topological polar surface area (TPSA) is 9.23 Å². The Hall–Kier alpha value is -0.0400. The van der Waals surface area contributed by atoms with Crippen molar-refractivity contribution in [3.05, 3.63) is 0 Å². The SMILES string of the molecule is CO[C@@H]1[C@@H]2C[C@H]3C[C@H](CC[C@@H]1C3)C2. The summed E-state index contributed by atoms with van der Waals surface area (Å²) in [5, 5.41) is 0. The molecule has 4 rings (SSSR count). The van der Waals surface area contributed by atoms with E-state index in [4.69, 9.17) is 4.74 Å². The van der Waals surface area contributed by atoms with Crippen molar-refractivity contribution in [3.63, 3.8) is 0 Å².